The van der Waals surface area contributed by atoms with Gasteiger partial charge in [0.15, 0.2) is 6.10 Å². The molecule has 2 aliphatic rings. The van der Waals surface area contributed by atoms with Gasteiger partial charge in [0, 0.05) is 18.4 Å². The highest BCUT2D eigenvalue weighted by atomic mass is 19.4. The van der Waals surface area contributed by atoms with E-state index in [0.29, 0.717) is 0 Å². The number of rotatable bonds is 5. The molecule has 0 saturated carbocycles. The Hall–Kier alpha value is -2.86. The summed E-state index contributed by atoms with van der Waals surface area (Å²) in [5.41, 5.74) is -3.38. The third kappa shape index (κ3) is 3.28. The molecule has 0 bridgehead atoms. The molecule has 3 rings (SSSR count). The highest BCUT2D eigenvalue weighted by Gasteiger charge is 2.65. The average molecular weight is 387 g/mol. The zero-order chi connectivity index (χ0) is 20.0. The van der Waals surface area contributed by atoms with Gasteiger partial charge in [-0.2, -0.15) is 13.2 Å². The lowest BCUT2D eigenvalue weighted by Crippen LogP contribution is -2.38. The van der Waals surface area contributed by atoms with Crippen LogP contribution in [0.2, 0.25) is 0 Å². The van der Waals surface area contributed by atoms with Crippen molar-refractivity contribution in [2.45, 2.75) is 36.9 Å². The van der Waals surface area contributed by atoms with Crippen molar-refractivity contribution >= 4 is 17.8 Å². The molecule has 1 fully saturated rings. The van der Waals surface area contributed by atoms with Gasteiger partial charge in [0.25, 0.3) is 11.8 Å². The van der Waals surface area contributed by atoms with Crippen molar-refractivity contribution in [3.8, 4) is 0 Å². The highest BCUT2D eigenvalue weighted by Crippen LogP contribution is 2.52. The second-order valence-electron chi connectivity index (χ2n) is 5.88. The molecule has 144 valence electrons. The fourth-order valence-corrected chi connectivity index (χ4v) is 2.50. The number of aliphatic hydroxyl groups excluding tert-OH is 2. The van der Waals surface area contributed by atoms with Gasteiger partial charge >= 0.3 is 17.8 Å². The number of aliphatic hydroxyl groups is 2. The Bertz CT molecular complexity index is 818. The lowest BCUT2D eigenvalue weighted by molar-refractivity contribution is -0.207. The third-order valence-corrected chi connectivity index (χ3v) is 4.05. The minimum absolute atomic E-state index is 0.167. The van der Waals surface area contributed by atoms with Gasteiger partial charge in [-0.15, -0.1) is 15.3 Å². The van der Waals surface area contributed by atoms with E-state index >= 15 is 0 Å². The summed E-state index contributed by atoms with van der Waals surface area (Å²) in [6, 6.07) is 4.30. The maximum Gasteiger partial charge on any atom is 0.442 e. The number of benzene rings is 1. The van der Waals surface area contributed by atoms with Gasteiger partial charge in [-0.25, -0.2) is 4.79 Å². The summed E-state index contributed by atoms with van der Waals surface area (Å²) in [5.74, 6) is -3.09. The van der Waals surface area contributed by atoms with E-state index in [4.69, 9.17) is 0 Å². The number of alkyl halides is 3. The number of nitrogens with zero attached hydrogens (tertiary/aromatic N) is 3. The Morgan fingerprint density at radius 3 is 2.30 bits per heavy atom. The smallest absolute Gasteiger partial charge is 0.385 e. The Kier molecular flexibility index (Phi) is 4.48. The molecule has 2 unspecified atom stereocenters. The van der Waals surface area contributed by atoms with Crippen LogP contribution >= 0.6 is 0 Å². The fraction of sp³-hybridized carbons (Fsp3) is 0.400. The van der Waals surface area contributed by atoms with E-state index in [1.54, 1.807) is 0 Å². The van der Waals surface area contributed by atoms with Crippen molar-refractivity contribution < 1.29 is 42.6 Å². The Morgan fingerprint density at radius 1 is 1.19 bits per heavy atom. The second kappa shape index (κ2) is 6.39. The van der Waals surface area contributed by atoms with Crippen molar-refractivity contribution in [2.24, 2.45) is 10.2 Å². The van der Waals surface area contributed by atoms with E-state index in [1.807, 2.05) is 0 Å². The highest BCUT2D eigenvalue weighted by molar-refractivity contribution is 6.01. The quantitative estimate of drug-likeness (QED) is 0.722. The van der Waals surface area contributed by atoms with Gasteiger partial charge in [0.1, 0.15) is 6.10 Å². The monoisotopic (exact) mass is 387 g/mol. The second-order valence-corrected chi connectivity index (χ2v) is 5.88. The topological polar surface area (TPSA) is 129 Å². The Balaban J connectivity index is 1.75. The molecule has 1 aromatic rings. The fourth-order valence-electron chi connectivity index (χ4n) is 2.50. The first-order valence-corrected chi connectivity index (χ1v) is 7.62. The van der Waals surface area contributed by atoms with E-state index in [1.165, 1.54) is 6.07 Å². The summed E-state index contributed by atoms with van der Waals surface area (Å²) in [4.78, 5) is 39.1. The largest absolute Gasteiger partial charge is 0.442 e. The molecule has 0 aliphatic carbocycles. The minimum atomic E-state index is -4.79. The molecule has 2 N–H and O–H groups in total. The molecule has 0 spiro atoms. The van der Waals surface area contributed by atoms with Crippen molar-refractivity contribution in [3.63, 3.8) is 0 Å². The van der Waals surface area contributed by atoms with Gasteiger partial charge in [-0.3, -0.25) is 9.59 Å². The number of imide groups is 1. The number of hydrogen-bond acceptors (Lipinski definition) is 8. The van der Waals surface area contributed by atoms with Crippen LogP contribution < -0.4 is 0 Å². The molecule has 27 heavy (non-hydrogen) atoms. The minimum Gasteiger partial charge on any atom is -0.385 e. The average Bonchev–Trinajstić information content (AvgIpc) is 3.39. The summed E-state index contributed by atoms with van der Waals surface area (Å²) in [7, 11) is 0. The van der Waals surface area contributed by atoms with Crippen molar-refractivity contribution in [2.75, 3.05) is 0 Å². The number of carbonyl (C=O) groups excluding carboxylic acids is 3. The molecule has 1 saturated heterocycles. The van der Waals surface area contributed by atoms with Crippen LogP contribution in [0.3, 0.4) is 0 Å². The van der Waals surface area contributed by atoms with Crippen LogP contribution in [0, 0.1) is 0 Å². The predicted octanol–water partition coefficient (Wildman–Crippen LogP) is 0.869. The third-order valence-electron chi connectivity index (χ3n) is 4.05. The van der Waals surface area contributed by atoms with Crippen LogP contribution in [0.4, 0.5) is 13.2 Å². The molecule has 2 atom stereocenters. The summed E-state index contributed by atoms with van der Waals surface area (Å²) in [6.07, 6.45) is -9.35. The van der Waals surface area contributed by atoms with E-state index < -0.39 is 47.4 Å². The van der Waals surface area contributed by atoms with Gasteiger partial charge in [0.2, 0.25) is 0 Å². The SMILES string of the molecule is O=C(ON1C(=O)CCC1=O)C(O)C(O)c1cccc(C2(C(F)(F)F)N=N2)c1. The number of carbonyl (C=O) groups is 3. The molecular formula is C15H12F3N3O6. The number of amides is 2. The van der Waals surface area contributed by atoms with Gasteiger partial charge in [0.05, 0.1) is 0 Å². The molecule has 2 aliphatic heterocycles. The number of halogens is 3. The molecule has 12 heteroatoms. The standard InChI is InChI=1S/C15H12F3N3O6/c16-15(17,18)14(19-20-14)8-3-1-2-7(6-8)11(24)12(25)13(26)27-21-9(22)4-5-10(21)23/h1-3,6,11-12,24-25H,4-5H2. The maximum atomic E-state index is 13.1. The van der Waals surface area contributed by atoms with Gasteiger partial charge < -0.3 is 15.1 Å². The van der Waals surface area contributed by atoms with Crippen LogP contribution in [0.5, 0.6) is 0 Å². The lowest BCUT2D eigenvalue weighted by Gasteiger charge is -2.21. The van der Waals surface area contributed by atoms with E-state index in [0.717, 1.165) is 18.2 Å². The molecule has 2 heterocycles. The zero-order valence-corrected chi connectivity index (χ0v) is 13.4. The Morgan fingerprint density at radius 2 is 1.78 bits per heavy atom. The lowest BCUT2D eigenvalue weighted by atomic mass is 9.96. The van der Waals surface area contributed by atoms with Crippen molar-refractivity contribution in [1.82, 2.24) is 5.06 Å². The normalized spacial score (nSPS) is 20.6. The number of hydrogen-bond donors (Lipinski definition) is 2. The first kappa shape index (κ1) is 18.9. The first-order valence-electron chi connectivity index (χ1n) is 7.62. The van der Waals surface area contributed by atoms with Gasteiger partial charge in [-0.05, 0) is 11.6 Å². The summed E-state index contributed by atoms with van der Waals surface area (Å²) < 4.78 is 39.2. The van der Waals surface area contributed by atoms with Crippen LogP contribution in [0.15, 0.2) is 34.5 Å². The Labute approximate surface area is 149 Å². The summed E-state index contributed by atoms with van der Waals surface area (Å²) >= 11 is 0. The molecule has 2 amide bonds. The zero-order valence-electron chi connectivity index (χ0n) is 13.4. The van der Waals surface area contributed by atoms with Crippen LogP contribution in [-0.4, -0.2) is 45.3 Å². The van der Waals surface area contributed by atoms with Crippen LogP contribution in [-0.2, 0) is 24.9 Å². The van der Waals surface area contributed by atoms with Crippen LogP contribution in [0.25, 0.3) is 0 Å². The van der Waals surface area contributed by atoms with E-state index in [-0.39, 0.29) is 23.5 Å². The molecule has 9 nitrogen and oxygen atoms in total. The van der Waals surface area contributed by atoms with Crippen LogP contribution in [0.1, 0.15) is 30.1 Å². The molecule has 0 radical (unpaired) electrons. The molecular weight excluding hydrogens is 375 g/mol. The maximum absolute atomic E-state index is 13.1. The summed E-state index contributed by atoms with van der Waals surface area (Å²) in [6.45, 7) is 0. The molecule has 1 aromatic carbocycles. The van der Waals surface area contributed by atoms with Gasteiger partial charge in [-0.1, -0.05) is 18.2 Å². The predicted molar refractivity (Wildman–Crippen MR) is 77.2 cm³/mol. The first-order chi connectivity index (χ1) is 12.6. The number of hydroxylamine groups is 2. The van der Waals surface area contributed by atoms with E-state index in [9.17, 15) is 37.8 Å². The van der Waals surface area contributed by atoms with Crippen molar-refractivity contribution in [1.29, 1.82) is 0 Å². The van der Waals surface area contributed by atoms with Crippen molar-refractivity contribution in [3.05, 3.63) is 35.4 Å². The van der Waals surface area contributed by atoms with E-state index in [2.05, 4.69) is 15.1 Å². The molecule has 0 aromatic heterocycles. The summed E-state index contributed by atoms with van der Waals surface area (Å²) in [5, 5.41) is 26.2.